The summed E-state index contributed by atoms with van der Waals surface area (Å²) in [4.78, 5) is 14.7. The molecule has 1 saturated carbocycles. The Morgan fingerprint density at radius 1 is 1.22 bits per heavy atom. The summed E-state index contributed by atoms with van der Waals surface area (Å²) >= 11 is 1.51. The zero-order valence-corrected chi connectivity index (χ0v) is 16.2. The third-order valence-corrected chi connectivity index (χ3v) is 6.56. The number of hydrogen-bond acceptors (Lipinski definition) is 5. The Kier molecular flexibility index (Phi) is 4.65. The van der Waals surface area contributed by atoms with Gasteiger partial charge in [0.15, 0.2) is 5.16 Å². The zero-order valence-electron chi connectivity index (χ0n) is 15.3. The van der Waals surface area contributed by atoms with Gasteiger partial charge in [-0.1, -0.05) is 30.0 Å². The monoisotopic (exact) mass is 384 g/mol. The number of amides is 1. The van der Waals surface area contributed by atoms with E-state index in [9.17, 15) is 4.79 Å². The summed E-state index contributed by atoms with van der Waals surface area (Å²) in [6.07, 6.45) is 5.79. The molecule has 3 heterocycles. The molecule has 0 N–H and O–H groups in total. The number of benzene rings is 1. The van der Waals surface area contributed by atoms with Gasteiger partial charge in [-0.2, -0.15) is 0 Å². The molecule has 0 radical (unpaired) electrons. The molecule has 2 aliphatic heterocycles. The van der Waals surface area contributed by atoms with E-state index < -0.39 is 0 Å². The summed E-state index contributed by atoms with van der Waals surface area (Å²) in [6.45, 7) is 2.43. The van der Waals surface area contributed by atoms with Gasteiger partial charge >= 0.3 is 0 Å². The van der Waals surface area contributed by atoms with Crippen LogP contribution in [0.3, 0.4) is 0 Å². The number of carbonyl (C=O) groups is 1. The largest absolute Gasteiger partial charge is 0.376 e. The van der Waals surface area contributed by atoms with Crippen molar-refractivity contribution in [3.8, 4) is 0 Å². The molecule has 6 nitrogen and oxygen atoms in total. The van der Waals surface area contributed by atoms with E-state index in [2.05, 4.69) is 20.8 Å². The predicted octanol–water partition coefficient (Wildman–Crippen LogP) is 3.02. The standard InChI is InChI=1S/C20H24N4O2S/c25-18(23-10-9-14-4-1-2-6-17(14)23)13-27-20-22-21-19(15-7-8-15)24(20)12-16-5-3-11-26-16/h1-2,4,6,15-16H,3,5,7-13H2. The van der Waals surface area contributed by atoms with E-state index in [1.54, 1.807) is 0 Å². The second-order valence-electron chi connectivity index (χ2n) is 7.57. The van der Waals surface area contributed by atoms with E-state index in [1.807, 2.05) is 23.1 Å². The van der Waals surface area contributed by atoms with Crippen LogP contribution in [0.2, 0.25) is 0 Å². The Morgan fingerprint density at radius 2 is 2.11 bits per heavy atom. The molecule has 1 unspecified atom stereocenters. The third-order valence-electron chi connectivity index (χ3n) is 5.61. The summed E-state index contributed by atoms with van der Waals surface area (Å²) in [5, 5.41) is 9.71. The first-order valence-electron chi connectivity index (χ1n) is 9.85. The predicted molar refractivity (Wildman–Crippen MR) is 104 cm³/mol. The fourth-order valence-electron chi connectivity index (χ4n) is 4.02. The van der Waals surface area contributed by atoms with Crippen molar-refractivity contribution in [1.82, 2.24) is 14.8 Å². The summed E-state index contributed by atoms with van der Waals surface area (Å²) in [5.41, 5.74) is 2.32. The highest BCUT2D eigenvalue weighted by molar-refractivity contribution is 7.99. The van der Waals surface area contributed by atoms with Crippen molar-refractivity contribution in [2.24, 2.45) is 0 Å². The first-order valence-corrected chi connectivity index (χ1v) is 10.8. The molecule has 3 aliphatic rings. The smallest absolute Gasteiger partial charge is 0.237 e. The van der Waals surface area contributed by atoms with E-state index in [4.69, 9.17) is 4.74 Å². The highest BCUT2D eigenvalue weighted by atomic mass is 32.2. The van der Waals surface area contributed by atoms with Crippen LogP contribution >= 0.6 is 11.8 Å². The fraction of sp³-hybridized carbons (Fsp3) is 0.550. The van der Waals surface area contributed by atoms with Gasteiger partial charge in [0.2, 0.25) is 5.91 Å². The van der Waals surface area contributed by atoms with Gasteiger partial charge < -0.3 is 14.2 Å². The van der Waals surface area contributed by atoms with E-state index >= 15 is 0 Å². The molecule has 7 heteroatoms. The molecule has 1 aromatic heterocycles. The van der Waals surface area contributed by atoms with E-state index in [1.165, 1.54) is 30.2 Å². The van der Waals surface area contributed by atoms with Gasteiger partial charge in [0, 0.05) is 24.8 Å². The molecule has 5 rings (SSSR count). The number of fused-ring (bicyclic) bond motifs is 1. The molecular weight excluding hydrogens is 360 g/mol. The Morgan fingerprint density at radius 3 is 2.93 bits per heavy atom. The maximum Gasteiger partial charge on any atom is 0.237 e. The van der Waals surface area contributed by atoms with Gasteiger partial charge in [0.05, 0.1) is 18.4 Å². The molecule has 0 spiro atoms. The van der Waals surface area contributed by atoms with Gasteiger partial charge in [-0.3, -0.25) is 4.79 Å². The maximum absolute atomic E-state index is 12.8. The number of aromatic nitrogens is 3. The van der Waals surface area contributed by atoms with Crippen molar-refractivity contribution >= 4 is 23.4 Å². The molecule has 2 fully saturated rings. The highest BCUT2D eigenvalue weighted by Gasteiger charge is 2.32. The summed E-state index contributed by atoms with van der Waals surface area (Å²) in [7, 11) is 0. The quantitative estimate of drug-likeness (QED) is 0.717. The minimum Gasteiger partial charge on any atom is -0.376 e. The number of rotatable bonds is 6. The average molecular weight is 385 g/mol. The van der Waals surface area contributed by atoms with Crippen LogP contribution in [0.25, 0.3) is 0 Å². The second-order valence-corrected chi connectivity index (χ2v) is 8.52. The minimum atomic E-state index is 0.143. The molecule has 142 valence electrons. The van der Waals surface area contributed by atoms with Crippen molar-refractivity contribution in [2.45, 2.75) is 55.8 Å². The number of anilines is 1. The van der Waals surface area contributed by atoms with E-state index in [0.29, 0.717) is 11.7 Å². The highest BCUT2D eigenvalue weighted by Crippen LogP contribution is 2.40. The number of para-hydroxylation sites is 1. The van der Waals surface area contributed by atoms with Crippen molar-refractivity contribution in [3.63, 3.8) is 0 Å². The van der Waals surface area contributed by atoms with Crippen LogP contribution in [0.4, 0.5) is 5.69 Å². The van der Waals surface area contributed by atoms with E-state index in [-0.39, 0.29) is 12.0 Å². The van der Waals surface area contributed by atoms with Gasteiger partial charge in [-0.25, -0.2) is 0 Å². The lowest BCUT2D eigenvalue weighted by molar-refractivity contribution is -0.116. The SMILES string of the molecule is O=C(CSc1nnc(C2CC2)n1CC1CCCO1)N1CCc2ccccc21. The van der Waals surface area contributed by atoms with Crippen LogP contribution < -0.4 is 4.90 Å². The first kappa shape index (κ1) is 17.3. The lowest BCUT2D eigenvalue weighted by Crippen LogP contribution is -2.30. The average Bonchev–Trinajstić information content (AvgIpc) is 3.10. The molecule has 1 amide bonds. The van der Waals surface area contributed by atoms with Crippen molar-refractivity contribution in [2.75, 3.05) is 23.8 Å². The second kappa shape index (κ2) is 7.28. The number of carbonyl (C=O) groups excluding carboxylic acids is 1. The molecule has 1 aromatic carbocycles. The third kappa shape index (κ3) is 3.50. The summed E-state index contributed by atoms with van der Waals surface area (Å²) in [5.74, 6) is 2.15. The van der Waals surface area contributed by atoms with Crippen molar-refractivity contribution < 1.29 is 9.53 Å². The van der Waals surface area contributed by atoms with Crippen molar-refractivity contribution in [3.05, 3.63) is 35.7 Å². The number of hydrogen-bond donors (Lipinski definition) is 0. The zero-order chi connectivity index (χ0) is 18.2. The van der Waals surface area contributed by atoms with Crippen LogP contribution in [0.5, 0.6) is 0 Å². The molecule has 0 bridgehead atoms. The Balaban J connectivity index is 1.29. The molecule has 2 aromatic rings. The fourth-order valence-corrected chi connectivity index (χ4v) is 4.85. The number of thioether (sulfide) groups is 1. The lowest BCUT2D eigenvalue weighted by atomic mass is 10.2. The van der Waals surface area contributed by atoms with Gasteiger partial charge in [0.25, 0.3) is 0 Å². The van der Waals surface area contributed by atoms with Crippen LogP contribution in [0.1, 0.15) is 43.0 Å². The summed E-state index contributed by atoms with van der Waals surface area (Å²) < 4.78 is 8.03. The van der Waals surface area contributed by atoms with Crippen molar-refractivity contribution in [1.29, 1.82) is 0 Å². The molecule has 27 heavy (non-hydrogen) atoms. The van der Waals surface area contributed by atoms with Crippen LogP contribution in [-0.2, 0) is 22.5 Å². The Hall–Kier alpha value is -1.86. The Bertz CT molecular complexity index is 842. The Labute approximate surface area is 163 Å². The first-order chi connectivity index (χ1) is 13.3. The topological polar surface area (TPSA) is 60.3 Å². The number of nitrogens with zero attached hydrogens (tertiary/aromatic N) is 4. The van der Waals surface area contributed by atoms with Gasteiger partial charge in [0.1, 0.15) is 5.82 Å². The minimum absolute atomic E-state index is 0.143. The molecule has 1 atom stereocenters. The molecular formula is C20H24N4O2S. The summed E-state index contributed by atoms with van der Waals surface area (Å²) in [6, 6.07) is 8.18. The van der Waals surface area contributed by atoms with Crippen LogP contribution in [0, 0.1) is 0 Å². The molecule has 1 aliphatic carbocycles. The van der Waals surface area contributed by atoms with E-state index in [0.717, 1.165) is 55.6 Å². The molecule has 1 saturated heterocycles. The van der Waals surface area contributed by atoms with Gasteiger partial charge in [-0.05, 0) is 43.7 Å². The maximum atomic E-state index is 12.8. The van der Waals surface area contributed by atoms with Crippen LogP contribution in [0.15, 0.2) is 29.4 Å². The van der Waals surface area contributed by atoms with Crippen LogP contribution in [-0.4, -0.2) is 45.7 Å². The van der Waals surface area contributed by atoms with Gasteiger partial charge in [-0.15, -0.1) is 10.2 Å². The number of ether oxygens (including phenoxy) is 1. The normalized spacial score (nSPS) is 21.6. The lowest BCUT2D eigenvalue weighted by Gasteiger charge is -2.17.